The van der Waals surface area contributed by atoms with Gasteiger partial charge in [0.2, 0.25) is 10.0 Å². The number of carbonyl (C=O) groups is 1. The molecule has 2 aromatic rings. The van der Waals surface area contributed by atoms with Crippen molar-refractivity contribution < 1.29 is 13.2 Å². The molecule has 0 spiro atoms. The quantitative estimate of drug-likeness (QED) is 0.615. The van der Waals surface area contributed by atoms with Crippen molar-refractivity contribution in [2.24, 2.45) is 0 Å². The Kier molecular flexibility index (Phi) is 7.55. The fourth-order valence-corrected chi connectivity index (χ4v) is 6.65. The SMILES string of the molecule is O=C(NCC1(N2CCSCC2)CCCC1)c1cccc(S(=O)(=O)NCc2ccccc2)c1. The van der Waals surface area contributed by atoms with Crippen LogP contribution in [-0.2, 0) is 16.6 Å². The second kappa shape index (κ2) is 10.4. The highest BCUT2D eigenvalue weighted by Crippen LogP contribution is 2.36. The van der Waals surface area contributed by atoms with Crippen LogP contribution in [0.4, 0.5) is 0 Å². The molecule has 32 heavy (non-hydrogen) atoms. The predicted molar refractivity (Wildman–Crippen MR) is 129 cm³/mol. The van der Waals surface area contributed by atoms with E-state index >= 15 is 0 Å². The minimum absolute atomic E-state index is 0.0393. The minimum Gasteiger partial charge on any atom is -0.350 e. The molecule has 2 aliphatic rings. The van der Waals surface area contributed by atoms with Crippen LogP contribution in [0.25, 0.3) is 0 Å². The molecule has 1 amide bonds. The molecule has 2 N–H and O–H groups in total. The van der Waals surface area contributed by atoms with Crippen LogP contribution >= 0.6 is 11.8 Å². The van der Waals surface area contributed by atoms with Gasteiger partial charge in [0.1, 0.15) is 0 Å². The fourth-order valence-electron chi connectivity index (χ4n) is 4.68. The summed E-state index contributed by atoms with van der Waals surface area (Å²) in [6, 6.07) is 15.6. The van der Waals surface area contributed by atoms with Crippen LogP contribution in [0.3, 0.4) is 0 Å². The maximum absolute atomic E-state index is 12.9. The van der Waals surface area contributed by atoms with Crippen LogP contribution in [0.1, 0.15) is 41.6 Å². The average Bonchev–Trinajstić information content (AvgIpc) is 3.33. The summed E-state index contributed by atoms with van der Waals surface area (Å²) in [7, 11) is -3.71. The molecule has 8 heteroatoms. The summed E-state index contributed by atoms with van der Waals surface area (Å²) in [5.41, 5.74) is 1.29. The number of thioether (sulfide) groups is 1. The van der Waals surface area contributed by atoms with Gasteiger partial charge in [0.25, 0.3) is 5.91 Å². The maximum atomic E-state index is 12.9. The number of hydrogen-bond donors (Lipinski definition) is 2. The first kappa shape index (κ1) is 23.3. The van der Waals surface area contributed by atoms with Gasteiger partial charge in [-0.15, -0.1) is 0 Å². The van der Waals surface area contributed by atoms with Gasteiger partial charge in [0, 0.05) is 48.8 Å². The normalized spacial score (nSPS) is 19.0. The molecule has 0 aromatic heterocycles. The number of carbonyl (C=O) groups excluding carboxylic acids is 1. The molecule has 1 saturated carbocycles. The minimum atomic E-state index is -3.71. The van der Waals surface area contributed by atoms with E-state index in [-0.39, 0.29) is 22.9 Å². The molecular weight excluding hydrogens is 442 g/mol. The highest BCUT2D eigenvalue weighted by Gasteiger charge is 2.40. The Hall–Kier alpha value is -1.87. The van der Waals surface area contributed by atoms with Crippen molar-refractivity contribution in [3.05, 3.63) is 65.7 Å². The zero-order chi connectivity index (χ0) is 22.4. The molecule has 2 aromatic carbocycles. The molecule has 0 atom stereocenters. The van der Waals surface area contributed by atoms with Crippen LogP contribution in [-0.4, -0.2) is 55.9 Å². The van der Waals surface area contributed by atoms with E-state index in [9.17, 15) is 13.2 Å². The topological polar surface area (TPSA) is 78.5 Å². The number of nitrogens with zero attached hydrogens (tertiary/aromatic N) is 1. The summed E-state index contributed by atoms with van der Waals surface area (Å²) in [5.74, 6) is 2.07. The number of hydrogen-bond acceptors (Lipinski definition) is 5. The lowest BCUT2D eigenvalue weighted by atomic mass is 9.94. The summed E-state index contributed by atoms with van der Waals surface area (Å²) >= 11 is 1.99. The van der Waals surface area contributed by atoms with Crippen molar-refractivity contribution in [2.45, 2.75) is 42.7 Å². The van der Waals surface area contributed by atoms with E-state index in [0.717, 1.165) is 43.0 Å². The first-order valence-electron chi connectivity index (χ1n) is 11.2. The van der Waals surface area contributed by atoms with Crippen molar-refractivity contribution in [1.29, 1.82) is 0 Å². The predicted octanol–water partition coefficient (Wildman–Crippen LogP) is 3.26. The van der Waals surface area contributed by atoms with Gasteiger partial charge in [-0.1, -0.05) is 49.2 Å². The van der Waals surface area contributed by atoms with Crippen LogP contribution in [0.15, 0.2) is 59.5 Å². The highest BCUT2D eigenvalue weighted by molar-refractivity contribution is 7.99. The van der Waals surface area contributed by atoms with E-state index in [1.807, 2.05) is 42.1 Å². The molecule has 0 radical (unpaired) electrons. The molecule has 1 aliphatic carbocycles. The van der Waals surface area contributed by atoms with Gasteiger partial charge in [-0.05, 0) is 36.6 Å². The Labute approximate surface area is 195 Å². The molecule has 0 unspecified atom stereocenters. The Morgan fingerprint density at radius 1 is 1.00 bits per heavy atom. The first-order valence-corrected chi connectivity index (χ1v) is 13.9. The third kappa shape index (κ3) is 5.54. The monoisotopic (exact) mass is 473 g/mol. The Morgan fingerprint density at radius 2 is 1.72 bits per heavy atom. The van der Waals surface area contributed by atoms with Crippen molar-refractivity contribution >= 4 is 27.7 Å². The van der Waals surface area contributed by atoms with E-state index in [0.29, 0.717) is 12.1 Å². The van der Waals surface area contributed by atoms with Crippen molar-refractivity contribution in [2.75, 3.05) is 31.1 Å². The lowest BCUT2D eigenvalue weighted by Gasteiger charge is -2.43. The first-order chi connectivity index (χ1) is 15.5. The van der Waals surface area contributed by atoms with Gasteiger partial charge in [-0.3, -0.25) is 9.69 Å². The lowest BCUT2D eigenvalue weighted by molar-refractivity contribution is 0.0817. The van der Waals surface area contributed by atoms with Gasteiger partial charge >= 0.3 is 0 Å². The zero-order valence-corrected chi connectivity index (χ0v) is 19.9. The highest BCUT2D eigenvalue weighted by atomic mass is 32.2. The van der Waals surface area contributed by atoms with Gasteiger partial charge in [0.05, 0.1) is 4.90 Å². The van der Waals surface area contributed by atoms with Gasteiger partial charge in [-0.2, -0.15) is 11.8 Å². The smallest absolute Gasteiger partial charge is 0.251 e. The second-order valence-corrected chi connectivity index (χ2v) is 11.5. The van der Waals surface area contributed by atoms with Crippen LogP contribution in [0.5, 0.6) is 0 Å². The van der Waals surface area contributed by atoms with Gasteiger partial charge in [-0.25, -0.2) is 13.1 Å². The van der Waals surface area contributed by atoms with Gasteiger partial charge in [0.15, 0.2) is 0 Å². The lowest BCUT2D eigenvalue weighted by Crippen LogP contribution is -2.56. The van der Waals surface area contributed by atoms with Crippen LogP contribution in [0.2, 0.25) is 0 Å². The van der Waals surface area contributed by atoms with E-state index < -0.39 is 10.0 Å². The summed E-state index contributed by atoms with van der Waals surface area (Å²) in [4.78, 5) is 15.6. The summed E-state index contributed by atoms with van der Waals surface area (Å²) in [6.07, 6.45) is 4.60. The molecule has 172 valence electrons. The van der Waals surface area contributed by atoms with Crippen molar-refractivity contribution in [1.82, 2.24) is 14.9 Å². The second-order valence-electron chi connectivity index (χ2n) is 8.55. The molecule has 4 rings (SSSR count). The molecular formula is C24H31N3O3S2. The number of benzene rings is 2. The molecule has 0 bridgehead atoms. The van der Waals surface area contributed by atoms with Crippen molar-refractivity contribution in [3.8, 4) is 0 Å². The molecule has 1 heterocycles. The standard InChI is InChI=1S/C24H31N3O3S2/c28-23(25-19-24(11-4-5-12-24)27-13-15-31-16-14-27)21-9-6-10-22(17-21)32(29,30)26-18-20-7-2-1-3-8-20/h1-3,6-10,17,26H,4-5,11-16,18-19H2,(H,25,28). The van der Waals surface area contributed by atoms with E-state index in [4.69, 9.17) is 0 Å². The van der Waals surface area contributed by atoms with Crippen molar-refractivity contribution in [3.63, 3.8) is 0 Å². The maximum Gasteiger partial charge on any atom is 0.251 e. The summed E-state index contributed by atoms with van der Waals surface area (Å²) in [6.45, 7) is 2.96. The van der Waals surface area contributed by atoms with E-state index in [2.05, 4.69) is 14.9 Å². The molecule has 1 aliphatic heterocycles. The number of nitrogens with one attached hydrogen (secondary N) is 2. The number of amides is 1. The Morgan fingerprint density at radius 3 is 2.44 bits per heavy atom. The molecule has 1 saturated heterocycles. The largest absolute Gasteiger partial charge is 0.350 e. The van der Waals surface area contributed by atoms with Gasteiger partial charge < -0.3 is 5.32 Å². The molecule has 2 fully saturated rings. The Balaban J connectivity index is 1.41. The summed E-state index contributed by atoms with van der Waals surface area (Å²) in [5, 5.41) is 3.11. The Bertz CT molecular complexity index is 1020. The fraction of sp³-hybridized carbons (Fsp3) is 0.458. The third-order valence-electron chi connectivity index (χ3n) is 6.51. The third-order valence-corrected chi connectivity index (χ3v) is 8.85. The van der Waals surface area contributed by atoms with E-state index in [1.165, 1.54) is 25.0 Å². The number of rotatable bonds is 8. The molecule has 6 nitrogen and oxygen atoms in total. The summed E-state index contributed by atoms with van der Waals surface area (Å²) < 4.78 is 28.1. The number of sulfonamides is 1. The van der Waals surface area contributed by atoms with E-state index in [1.54, 1.807) is 12.1 Å². The average molecular weight is 474 g/mol. The zero-order valence-electron chi connectivity index (χ0n) is 18.3. The van der Waals surface area contributed by atoms with Crippen LogP contribution < -0.4 is 10.0 Å². The van der Waals surface area contributed by atoms with Crippen LogP contribution in [0, 0.1) is 0 Å².